The third-order valence-corrected chi connectivity index (χ3v) is 7.35. The van der Waals surface area contributed by atoms with Crippen LogP contribution in [-0.4, -0.2) is 65.0 Å². The number of hydrogen-bond donors (Lipinski definition) is 4. The van der Waals surface area contributed by atoms with E-state index in [9.17, 15) is 19.5 Å². The highest BCUT2D eigenvalue weighted by Crippen LogP contribution is 2.21. The normalized spacial score (nSPS) is 17.5. The number of benzene rings is 2. The summed E-state index contributed by atoms with van der Waals surface area (Å²) in [6.07, 6.45) is 1.44. The monoisotopic (exact) mass is 550 g/mol. The summed E-state index contributed by atoms with van der Waals surface area (Å²) in [6, 6.07) is 16.3. The predicted octanol–water partition coefficient (Wildman–Crippen LogP) is 3.27. The molecule has 1 saturated heterocycles. The Morgan fingerprint density at radius 2 is 1.57 bits per heavy atom. The van der Waals surface area contributed by atoms with Gasteiger partial charge < -0.3 is 26.4 Å². The number of amides is 3. The molecule has 0 aliphatic carbocycles. The third-order valence-electron chi connectivity index (χ3n) is 7.35. The largest absolute Gasteiger partial charge is 0.382 e. The zero-order chi connectivity index (χ0) is 29.2. The maximum Gasteiger partial charge on any atom is 0.253 e. The van der Waals surface area contributed by atoms with Gasteiger partial charge in [0.15, 0.2) is 0 Å². The zero-order valence-corrected chi connectivity index (χ0v) is 24.3. The number of rotatable bonds is 13. The Labute approximate surface area is 238 Å². The Morgan fingerprint density at radius 1 is 0.950 bits per heavy atom. The third kappa shape index (κ3) is 8.89. The van der Waals surface area contributed by atoms with Crippen LogP contribution in [0.5, 0.6) is 0 Å². The Hall–Kier alpha value is -3.23. The van der Waals surface area contributed by atoms with Gasteiger partial charge in [-0.1, -0.05) is 82.3 Å². The SMILES string of the molecule is CC(C)C[C@H](NC(=O)[C@@H]1CCCN1C(=O)[C@@H](O)[C@H](N)CC(C)C)C(=O)NCCc1ccc(-c2ccccc2)cc1. The van der Waals surface area contributed by atoms with Gasteiger partial charge in [0.25, 0.3) is 5.91 Å². The van der Waals surface area contributed by atoms with Crippen LogP contribution in [0.3, 0.4) is 0 Å². The fraction of sp³-hybridized carbons (Fsp3) is 0.531. The molecule has 0 saturated carbocycles. The van der Waals surface area contributed by atoms with Gasteiger partial charge in [0.1, 0.15) is 18.2 Å². The first-order valence-corrected chi connectivity index (χ1v) is 14.5. The molecule has 2 aromatic rings. The molecule has 5 N–H and O–H groups in total. The molecule has 8 heteroatoms. The summed E-state index contributed by atoms with van der Waals surface area (Å²) in [5, 5.41) is 16.4. The molecule has 0 unspecified atom stereocenters. The molecule has 8 nitrogen and oxygen atoms in total. The Morgan fingerprint density at radius 3 is 2.20 bits per heavy atom. The van der Waals surface area contributed by atoms with Gasteiger partial charge in [0, 0.05) is 19.1 Å². The van der Waals surface area contributed by atoms with Gasteiger partial charge >= 0.3 is 0 Å². The quantitative estimate of drug-likeness (QED) is 0.305. The van der Waals surface area contributed by atoms with E-state index in [0.29, 0.717) is 45.2 Å². The first kappa shape index (κ1) is 31.3. The summed E-state index contributed by atoms with van der Waals surface area (Å²) in [7, 11) is 0. The second kappa shape index (κ2) is 15.0. The molecule has 1 aliphatic rings. The van der Waals surface area contributed by atoms with Crippen LogP contribution in [0, 0.1) is 11.8 Å². The van der Waals surface area contributed by atoms with Crippen molar-refractivity contribution < 1.29 is 19.5 Å². The second-order valence-corrected chi connectivity index (χ2v) is 11.7. The zero-order valence-electron chi connectivity index (χ0n) is 24.3. The second-order valence-electron chi connectivity index (χ2n) is 11.7. The standard InChI is InChI=1S/C32H46N4O4/c1-21(2)19-26(33)29(37)32(40)36-18-8-11-28(36)31(39)35-27(20-22(3)4)30(38)34-17-16-23-12-14-25(15-13-23)24-9-6-5-7-10-24/h5-7,9-10,12-15,21-22,26-29,37H,8,11,16-20,33H2,1-4H3,(H,34,38)(H,35,39)/t26-,27+,28+,29+/m1/s1. The van der Waals surface area contributed by atoms with Crippen LogP contribution < -0.4 is 16.4 Å². The van der Waals surface area contributed by atoms with Crippen LogP contribution in [0.15, 0.2) is 54.6 Å². The van der Waals surface area contributed by atoms with E-state index in [4.69, 9.17) is 5.73 Å². The molecule has 3 rings (SSSR count). The van der Waals surface area contributed by atoms with Crippen LogP contribution in [0.1, 0.15) is 58.9 Å². The number of carbonyl (C=O) groups is 3. The number of nitrogens with one attached hydrogen (secondary N) is 2. The van der Waals surface area contributed by atoms with Gasteiger partial charge in [-0.25, -0.2) is 0 Å². The van der Waals surface area contributed by atoms with E-state index < -0.39 is 30.1 Å². The molecule has 0 radical (unpaired) electrons. The number of likely N-dealkylation sites (tertiary alicyclic amines) is 1. The molecular weight excluding hydrogens is 504 g/mol. The van der Waals surface area contributed by atoms with Crippen molar-refractivity contribution in [1.29, 1.82) is 0 Å². The van der Waals surface area contributed by atoms with Crippen LogP contribution in [0.25, 0.3) is 11.1 Å². The molecule has 1 heterocycles. The summed E-state index contributed by atoms with van der Waals surface area (Å²) in [4.78, 5) is 40.8. The minimum absolute atomic E-state index is 0.179. The molecule has 0 spiro atoms. The number of nitrogens with zero attached hydrogens (tertiary/aromatic N) is 1. The molecule has 0 bridgehead atoms. The lowest BCUT2D eigenvalue weighted by Gasteiger charge is -2.30. The molecule has 218 valence electrons. The van der Waals surface area contributed by atoms with Crippen molar-refractivity contribution in [3.05, 3.63) is 60.2 Å². The fourth-order valence-electron chi connectivity index (χ4n) is 5.25. The molecular formula is C32H46N4O4. The number of carbonyl (C=O) groups excluding carboxylic acids is 3. The molecule has 2 aromatic carbocycles. The van der Waals surface area contributed by atoms with Crippen LogP contribution in [0.4, 0.5) is 0 Å². The van der Waals surface area contributed by atoms with Gasteiger partial charge in [-0.15, -0.1) is 0 Å². The molecule has 3 amide bonds. The Bertz CT molecular complexity index is 1100. The van der Waals surface area contributed by atoms with E-state index in [0.717, 1.165) is 16.7 Å². The van der Waals surface area contributed by atoms with Crippen molar-refractivity contribution in [2.45, 2.75) is 84.0 Å². The van der Waals surface area contributed by atoms with E-state index >= 15 is 0 Å². The summed E-state index contributed by atoms with van der Waals surface area (Å²) >= 11 is 0. The summed E-state index contributed by atoms with van der Waals surface area (Å²) < 4.78 is 0. The van der Waals surface area contributed by atoms with Crippen LogP contribution >= 0.6 is 0 Å². The van der Waals surface area contributed by atoms with Crippen molar-refractivity contribution in [3.63, 3.8) is 0 Å². The minimum Gasteiger partial charge on any atom is -0.382 e. The van der Waals surface area contributed by atoms with E-state index in [1.165, 1.54) is 4.90 Å². The maximum atomic E-state index is 13.3. The first-order valence-electron chi connectivity index (χ1n) is 14.5. The highest BCUT2D eigenvalue weighted by molar-refractivity contribution is 5.93. The summed E-state index contributed by atoms with van der Waals surface area (Å²) in [5.74, 6) is -0.711. The lowest BCUT2D eigenvalue weighted by atomic mass is 9.99. The highest BCUT2D eigenvalue weighted by Gasteiger charge is 2.39. The van der Waals surface area contributed by atoms with E-state index in [1.54, 1.807) is 0 Å². The molecule has 0 aromatic heterocycles. The maximum absolute atomic E-state index is 13.3. The van der Waals surface area contributed by atoms with Crippen molar-refractivity contribution in [2.75, 3.05) is 13.1 Å². The summed E-state index contributed by atoms with van der Waals surface area (Å²) in [6.45, 7) is 8.78. The lowest BCUT2D eigenvalue weighted by molar-refractivity contribution is -0.146. The van der Waals surface area contributed by atoms with E-state index in [-0.39, 0.29) is 23.7 Å². The predicted molar refractivity (Wildman–Crippen MR) is 158 cm³/mol. The molecule has 1 fully saturated rings. The van der Waals surface area contributed by atoms with E-state index in [2.05, 4.69) is 47.0 Å². The average Bonchev–Trinajstić information content (AvgIpc) is 3.42. The van der Waals surface area contributed by atoms with Crippen LogP contribution in [0.2, 0.25) is 0 Å². The van der Waals surface area contributed by atoms with Crippen LogP contribution in [-0.2, 0) is 20.8 Å². The van der Waals surface area contributed by atoms with Gasteiger partial charge in [0.05, 0.1) is 0 Å². The minimum atomic E-state index is -1.35. The molecule has 4 atom stereocenters. The topological polar surface area (TPSA) is 125 Å². The fourth-order valence-corrected chi connectivity index (χ4v) is 5.25. The van der Waals surface area contributed by atoms with Crippen molar-refractivity contribution in [2.24, 2.45) is 17.6 Å². The Balaban J connectivity index is 1.56. The first-order chi connectivity index (χ1) is 19.1. The lowest BCUT2D eigenvalue weighted by Crippen LogP contribution is -2.56. The van der Waals surface area contributed by atoms with Crippen molar-refractivity contribution in [1.82, 2.24) is 15.5 Å². The number of aliphatic hydroxyl groups is 1. The van der Waals surface area contributed by atoms with Gasteiger partial charge in [-0.05, 0) is 60.6 Å². The molecule has 1 aliphatic heterocycles. The van der Waals surface area contributed by atoms with Gasteiger partial charge in [-0.2, -0.15) is 0 Å². The Kier molecular flexibility index (Phi) is 11.7. The molecule has 40 heavy (non-hydrogen) atoms. The van der Waals surface area contributed by atoms with Gasteiger partial charge in [0.2, 0.25) is 11.8 Å². The van der Waals surface area contributed by atoms with Crippen molar-refractivity contribution in [3.8, 4) is 11.1 Å². The average molecular weight is 551 g/mol. The highest BCUT2D eigenvalue weighted by atomic mass is 16.3. The number of aliphatic hydroxyl groups excluding tert-OH is 1. The van der Waals surface area contributed by atoms with Gasteiger partial charge in [-0.3, -0.25) is 14.4 Å². The smallest absolute Gasteiger partial charge is 0.253 e. The number of hydrogen-bond acceptors (Lipinski definition) is 5. The number of nitrogens with two attached hydrogens (primary N) is 1. The summed E-state index contributed by atoms with van der Waals surface area (Å²) in [5.41, 5.74) is 9.46. The van der Waals surface area contributed by atoms with E-state index in [1.807, 2.05) is 45.9 Å². The van der Waals surface area contributed by atoms with Crippen molar-refractivity contribution >= 4 is 17.7 Å².